The van der Waals surface area contributed by atoms with Crippen molar-refractivity contribution in [2.24, 2.45) is 0 Å². The minimum Gasteiger partial charge on any atom is -0.493 e. The summed E-state index contributed by atoms with van der Waals surface area (Å²) in [5.74, 6) is -0.0823. The average molecular weight is 657 g/mol. The molecule has 2 aliphatic heterocycles. The molecule has 0 unspecified atom stereocenters. The molecule has 3 atom stereocenters. The van der Waals surface area contributed by atoms with E-state index < -0.39 is 29.8 Å². The molecule has 0 bridgehead atoms. The Morgan fingerprint density at radius 3 is 2.56 bits per heavy atom. The fourth-order valence-corrected chi connectivity index (χ4v) is 6.17. The predicted octanol–water partition coefficient (Wildman–Crippen LogP) is 3.44. The first-order chi connectivity index (χ1) is 23.4. The number of nitrogens with zero attached hydrogens (tertiary/aromatic N) is 1. The SMILES string of the molecule is CCOc1ccc(CCCNC(=O)[C@@H]2CC(=O)N[C@@H](Cc3ccccc3)C(=O)N3CCC[C@@H]3COc3ccccc3C(=O)N2)cc1OC. The highest BCUT2D eigenvalue weighted by molar-refractivity contribution is 6.01. The number of fused-ring (bicyclic) bond motifs is 2. The first kappa shape index (κ1) is 34.3. The van der Waals surface area contributed by atoms with E-state index in [-0.39, 0.29) is 37.0 Å². The molecule has 5 rings (SSSR count). The molecule has 0 spiro atoms. The first-order valence-electron chi connectivity index (χ1n) is 16.6. The summed E-state index contributed by atoms with van der Waals surface area (Å²) in [6.07, 6.45) is 2.77. The molecule has 3 aromatic rings. The van der Waals surface area contributed by atoms with Crippen molar-refractivity contribution in [3.63, 3.8) is 0 Å². The van der Waals surface area contributed by atoms with E-state index in [0.717, 1.165) is 24.0 Å². The van der Waals surface area contributed by atoms with Gasteiger partial charge in [-0.3, -0.25) is 19.2 Å². The second-order valence-electron chi connectivity index (χ2n) is 12.0. The Hall–Kier alpha value is -5.06. The third kappa shape index (κ3) is 8.84. The number of carbonyl (C=O) groups is 4. The van der Waals surface area contributed by atoms with Gasteiger partial charge in [-0.25, -0.2) is 0 Å². The van der Waals surface area contributed by atoms with Crippen LogP contribution < -0.4 is 30.2 Å². The highest BCUT2D eigenvalue weighted by atomic mass is 16.5. The van der Waals surface area contributed by atoms with Crippen molar-refractivity contribution < 1.29 is 33.4 Å². The number of methoxy groups -OCH3 is 1. The van der Waals surface area contributed by atoms with Crippen LogP contribution >= 0.6 is 0 Å². The maximum Gasteiger partial charge on any atom is 0.255 e. The van der Waals surface area contributed by atoms with E-state index >= 15 is 0 Å². The van der Waals surface area contributed by atoms with Crippen LogP contribution in [0.15, 0.2) is 72.8 Å². The summed E-state index contributed by atoms with van der Waals surface area (Å²) < 4.78 is 17.2. The summed E-state index contributed by atoms with van der Waals surface area (Å²) in [7, 11) is 1.59. The topological polar surface area (TPSA) is 135 Å². The van der Waals surface area contributed by atoms with Gasteiger partial charge in [-0.15, -0.1) is 0 Å². The molecule has 0 aromatic heterocycles. The van der Waals surface area contributed by atoms with Gasteiger partial charge in [-0.05, 0) is 68.0 Å². The number of benzene rings is 3. The molecule has 0 saturated carbocycles. The zero-order valence-electron chi connectivity index (χ0n) is 27.5. The molecule has 4 amide bonds. The second kappa shape index (κ2) is 16.7. The molecular weight excluding hydrogens is 612 g/mol. The fourth-order valence-electron chi connectivity index (χ4n) is 6.17. The molecule has 11 heteroatoms. The van der Waals surface area contributed by atoms with Crippen molar-refractivity contribution in [2.45, 2.75) is 63.6 Å². The standard InChI is InChI=1S/C37H44N4O7/c1-3-47-32-18-17-26(22-33(32)46-2)13-9-19-38-36(44)29-23-34(42)39-30(21-25-11-5-4-6-12-25)37(45)41-20-10-14-27(41)24-48-31-16-8-7-15-28(31)35(43)40-29/h4-8,11-12,15-18,22,27,29-30H,3,9-10,13-14,19-21,23-24H2,1-2H3,(H,38,44)(H,39,42)(H,40,43)/t27-,29+,30+/m1/s1. The summed E-state index contributed by atoms with van der Waals surface area (Å²) >= 11 is 0. The first-order valence-corrected chi connectivity index (χ1v) is 16.6. The molecule has 2 aliphatic rings. The quantitative estimate of drug-likeness (QED) is 0.285. The Balaban J connectivity index is 1.32. The van der Waals surface area contributed by atoms with Gasteiger partial charge in [0.05, 0.1) is 31.7 Å². The summed E-state index contributed by atoms with van der Waals surface area (Å²) in [6.45, 7) is 3.49. The van der Waals surface area contributed by atoms with Crippen molar-refractivity contribution in [3.05, 3.63) is 89.5 Å². The van der Waals surface area contributed by atoms with Gasteiger partial charge in [0, 0.05) is 19.5 Å². The lowest BCUT2D eigenvalue weighted by molar-refractivity contribution is -0.138. The Morgan fingerprint density at radius 1 is 0.979 bits per heavy atom. The largest absolute Gasteiger partial charge is 0.493 e. The summed E-state index contributed by atoms with van der Waals surface area (Å²) in [5.41, 5.74) is 2.15. The normalized spacial score (nSPS) is 19.9. The van der Waals surface area contributed by atoms with Gasteiger partial charge in [0.25, 0.3) is 5.91 Å². The number of aryl methyl sites for hydroxylation is 1. The zero-order chi connectivity index (χ0) is 33.9. The van der Waals surface area contributed by atoms with Crippen LogP contribution in [0, 0.1) is 0 Å². The summed E-state index contributed by atoms with van der Waals surface area (Å²) in [4.78, 5) is 56.3. The van der Waals surface area contributed by atoms with E-state index in [2.05, 4.69) is 16.0 Å². The van der Waals surface area contributed by atoms with Crippen molar-refractivity contribution in [2.75, 3.05) is 33.4 Å². The highest BCUT2D eigenvalue weighted by Gasteiger charge is 2.36. The van der Waals surface area contributed by atoms with Crippen LogP contribution in [-0.2, 0) is 27.2 Å². The van der Waals surface area contributed by atoms with Crippen LogP contribution in [0.4, 0.5) is 0 Å². The number of amides is 4. The number of carbonyl (C=O) groups excluding carboxylic acids is 4. The average Bonchev–Trinajstić information content (AvgIpc) is 3.57. The molecule has 0 radical (unpaired) electrons. The maximum absolute atomic E-state index is 13.9. The van der Waals surface area contributed by atoms with Crippen molar-refractivity contribution in [3.8, 4) is 17.2 Å². The molecule has 48 heavy (non-hydrogen) atoms. The van der Waals surface area contributed by atoms with Crippen LogP contribution in [0.25, 0.3) is 0 Å². The van der Waals surface area contributed by atoms with Crippen molar-refractivity contribution in [1.82, 2.24) is 20.9 Å². The summed E-state index contributed by atoms with van der Waals surface area (Å²) in [6, 6.07) is 19.8. The van der Waals surface area contributed by atoms with E-state index in [4.69, 9.17) is 14.2 Å². The lowest BCUT2D eigenvalue weighted by Crippen LogP contribution is -2.54. The van der Waals surface area contributed by atoms with Crippen LogP contribution in [0.5, 0.6) is 17.2 Å². The fraction of sp³-hybridized carbons (Fsp3) is 0.405. The van der Waals surface area contributed by atoms with Crippen LogP contribution in [0.3, 0.4) is 0 Å². The number of hydrogen-bond acceptors (Lipinski definition) is 7. The minimum atomic E-state index is -1.19. The Labute approximate surface area is 281 Å². The van der Waals surface area contributed by atoms with Gasteiger partial charge >= 0.3 is 0 Å². The number of nitrogens with one attached hydrogen (secondary N) is 3. The maximum atomic E-state index is 13.9. The van der Waals surface area contributed by atoms with Gasteiger partial charge in [-0.1, -0.05) is 48.5 Å². The monoisotopic (exact) mass is 656 g/mol. The molecule has 1 fully saturated rings. The second-order valence-corrected chi connectivity index (χ2v) is 12.0. The Kier molecular flexibility index (Phi) is 11.9. The van der Waals surface area contributed by atoms with Gasteiger partial charge < -0.3 is 35.1 Å². The molecule has 1 saturated heterocycles. The minimum absolute atomic E-state index is 0.195. The smallest absolute Gasteiger partial charge is 0.255 e. The molecule has 3 N–H and O–H groups in total. The van der Waals surface area contributed by atoms with Crippen LogP contribution in [-0.4, -0.2) is 80.1 Å². The zero-order valence-corrected chi connectivity index (χ0v) is 27.5. The van der Waals surface area contributed by atoms with E-state index in [1.807, 2.05) is 55.5 Å². The van der Waals surface area contributed by atoms with E-state index in [9.17, 15) is 19.2 Å². The molecule has 0 aliphatic carbocycles. The van der Waals surface area contributed by atoms with Gasteiger partial charge in [0.2, 0.25) is 17.7 Å². The van der Waals surface area contributed by atoms with E-state index in [1.54, 1.807) is 36.3 Å². The van der Waals surface area contributed by atoms with Gasteiger partial charge in [0.1, 0.15) is 24.4 Å². The molecule has 3 aromatic carbocycles. The van der Waals surface area contributed by atoms with Gasteiger partial charge in [0.15, 0.2) is 11.5 Å². The van der Waals surface area contributed by atoms with Crippen molar-refractivity contribution in [1.29, 1.82) is 0 Å². The van der Waals surface area contributed by atoms with Crippen LogP contribution in [0.2, 0.25) is 0 Å². The van der Waals surface area contributed by atoms with Gasteiger partial charge in [-0.2, -0.15) is 0 Å². The lowest BCUT2D eigenvalue weighted by atomic mass is 10.0. The highest BCUT2D eigenvalue weighted by Crippen LogP contribution is 2.28. The number of hydrogen-bond donors (Lipinski definition) is 3. The van der Waals surface area contributed by atoms with Crippen molar-refractivity contribution >= 4 is 23.6 Å². The molecule has 254 valence electrons. The Bertz CT molecular complexity index is 1580. The third-order valence-electron chi connectivity index (χ3n) is 8.62. The lowest BCUT2D eigenvalue weighted by Gasteiger charge is -2.30. The van der Waals surface area contributed by atoms with E-state index in [1.165, 1.54) is 0 Å². The summed E-state index contributed by atoms with van der Waals surface area (Å²) in [5, 5.41) is 8.52. The third-order valence-corrected chi connectivity index (χ3v) is 8.62. The Morgan fingerprint density at radius 2 is 1.77 bits per heavy atom. The molecule has 11 nitrogen and oxygen atoms in total. The predicted molar refractivity (Wildman–Crippen MR) is 180 cm³/mol. The number of rotatable bonds is 10. The van der Waals surface area contributed by atoms with Crippen LogP contribution in [0.1, 0.15) is 54.1 Å². The molecular formula is C37H44N4O7. The number of para-hydroxylation sites is 1. The molecule has 2 heterocycles. The number of ether oxygens (including phenoxy) is 3. The van der Waals surface area contributed by atoms with E-state index in [0.29, 0.717) is 49.8 Å².